The van der Waals surface area contributed by atoms with Gasteiger partial charge in [-0.25, -0.2) is 0 Å². The highest BCUT2D eigenvalue weighted by Gasteiger charge is 2.23. The zero-order chi connectivity index (χ0) is 15.1. The molecule has 1 aromatic heterocycles. The summed E-state index contributed by atoms with van der Waals surface area (Å²) in [5.41, 5.74) is 0.270. The van der Waals surface area contributed by atoms with Crippen LogP contribution in [0, 0.1) is 0 Å². The van der Waals surface area contributed by atoms with Crippen LogP contribution in [0.15, 0.2) is 21.6 Å². The van der Waals surface area contributed by atoms with Crippen molar-refractivity contribution < 1.29 is 19.1 Å². The molecule has 0 amide bonds. The lowest BCUT2D eigenvalue weighted by Crippen LogP contribution is -2.25. The van der Waals surface area contributed by atoms with Gasteiger partial charge in [-0.1, -0.05) is 6.92 Å². The summed E-state index contributed by atoms with van der Waals surface area (Å²) in [6.45, 7) is 3.43. The zero-order valence-corrected chi connectivity index (χ0v) is 13.5. The van der Waals surface area contributed by atoms with Crippen LogP contribution in [-0.2, 0) is 14.3 Å². The van der Waals surface area contributed by atoms with Crippen molar-refractivity contribution in [3.8, 4) is 0 Å². The monoisotopic (exact) mass is 359 g/mol. The molecule has 1 atom stereocenters. The van der Waals surface area contributed by atoms with Gasteiger partial charge in [-0.15, -0.1) is 11.8 Å². The van der Waals surface area contributed by atoms with Crippen molar-refractivity contribution in [2.45, 2.75) is 31.3 Å². The van der Waals surface area contributed by atoms with Crippen molar-refractivity contribution in [3.05, 3.63) is 22.4 Å². The molecule has 0 spiro atoms. The largest absolute Gasteiger partial charge is 0.454 e. The number of Topliss-reactive ketones (excluding diaryl/α,β-unsaturated/α-hetero) is 1. The Bertz CT molecular complexity index is 521. The Hall–Kier alpha value is -1.21. The zero-order valence-electron chi connectivity index (χ0n) is 11.1. The van der Waals surface area contributed by atoms with Gasteiger partial charge in [0.15, 0.2) is 6.10 Å². The smallest absolute Gasteiger partial charge is 0.313 e. The Labute approximate surface area is 129 Å². The van der Waals surface area contributed by atoms with Crippen molar-refractivity contribution in [1.29, 1.82) is 0 Å². The number of thioether (sulfide) groups is 1. The molecule has 0 bridgehead atoms. The average Bonchev–Trinajstić information content (AvgIpc) is 2.38. The molecule has 1 rings (SSSR count). The maximum absolute atomic E-state index is 12.2. The molecule has 0 aliphatic rings. The van der Waals surface area contributed by atoms with Crippen LogP contribution >= 0.6 is 27.7 Å². The Balaban J connectivity index is 2.90. The summed E-state index contributed by atoms with van der Waals surface area (Å²) in [5, 5.41) is 0. The van der Waals surface area contributed by atoms with Gasteiger partial charge in [0.25, 0.3) is 0 Å². The van der Waals surface area contributed by atoms with Crippen molar-refractivity contribution >= 4 is 45.7 Å². The molecular formula is C13H14BrNO4S. The minimum absolute atomic E-state index is 0.270. The van der Waals surface area contributed by atoms with Crippen LogP contribution in [0.5, 0.6) is 0 Å². The van der Waals surface area contributed by atoms with Crippen LogP contribution in [0.25, 0.3) is 0 Å². The van der Waals surface area contributed by atoms with Gasteiger partial charge in [-0.3, -0.25) is 14.6 Å². The highest BCUT2D eigenvalue weighted by Crippen LogP contribution is 2.25. The van der Waals surface area contributed by atoms with Crippen molar-refractivity contribution in [1.82, 2.24) is 4.98 Å². The second kappa shape index (κ2) is 8.16. The maximum atomic E-state index is 12.2. The molecule has 0 saturated heterocycles. The number of hydrogen-bond donors (Lipinski definition) is 0. The van der Waals surface area contributed by atoms with E-state index < -0.39 is 12.1 Å². The van der Waals surface area contributed by atoms with Crippen LogP contribution in [0.2, 0.25) is 0 Å². The molecule has 1 heterocycles. The maximum Gasteiger partial charge on any atom is 0.313 e. The molecule has 0 saturated carbocycles. The van der Waals surface area contributed by atoms with E-state index in [4.69, 9.17) is 4.74 Å². The molecule has 0 aromatic carbocycles. The fourth-order valence-electron chi connectivity index (χ4n) is 1.43. The predicted molar refractivity (Wildman–Crippen MR) is 78.9 cm³/mol. The lowest BCUT2D eigenvalue weighted by molar-refractivity contribution is -0.147. The molecule has 108 valence electrons. The third kappa shape index (κ3) is 4.72. The van der Waals surface area contributed by atoms with Gasteiger partial charge in [0.1, 0.15) is 18.4 Å². The molecule has 0 aliphatic heterocycles. The SMILES string of the molecule is CCSc1cc(Br)cnc1C(=O)C(C)OC(=O)CC=O. The van der Waals surface area contributed by atoms with Crippen molar-refractivity contribution in [3.63, 3.8) is 0 Å². The molecule has 1 aromatic rings. The van der Waals surface area contributed by atoms with Crippen LogP contribution in [0.1, 0.15) is 30.8 Å². The summed E-state index contributed by atoms with van der Waals surface area (Å²) in [6, 6.07) is 1.80. The second-order valence-corrected chi connectivity index (χ2v) is 6.02. The molecule has 0 aliphatic carbocycles. The van der Waals surface area contributed by atoms with E-state index >= 15 is 0 Å². The van der Waals surface area contributed by atoms with Crippen molar-refractivity contribution in [2.75, 3.05) is 5.75 Å². The lowest BCUT2D eigenvalue weighted by atomic mass is 10.2. The number of hydrogen-bond acceptors (Lipinski definition) is 6. The normalized spacial score (nSPS) is 11.8. The minimum atomic E-state index is -0.965. The van der Waals surface area contributed by atoms with E-state index in [2.05, 4.69) is 20.9 Å². The van der Waals surface area contributed by atoms with E-state index in [-0.39, 0.29) is 17.9 Å². The molecule has 0 radical (unpaired) electrons. The van der Waals surface area contributed by atoms with Crippen LogP contribution < -0.4 is 0 Å². The number of pyridine rings is 1. The first-order chi connectivity index (χ1) is 9.49. The molecule has 7 heteroatoms. The van der Waals surface area contributed by atoms with Gasteiger partial charge in [-0.05, 0) is 34.7 Å². The number of nitrogens with zero attached hydrogens (tertiary/aromatic N) is 1. The number of carbonyl (C=O) groups is 3. The standard InChI is InChI=1S/C13H14BrNO4S/c1-3-20-10-6-9(14)7-15-12(10)13(18)8(2)19-11(17)4-5-16/h5-8H,3-4H2,1-2H3. The third-order valence-corrected chi connectivity index (χ3v) is 3.62. The number of ketones is 1. The molecule has 0 N–H and O–H groups in total. The molecule has 1 unspecified atom stereocenters. The van der Waals surface area contributed by atoms with E-state index in [0.717, 1.165) is 15.1 Å². The van der Waals surface area contributed by atoms with Gasteiger partial charge in [0.05, 0.1) is 0 Å². The first-order valence-corrected chi connectivity index (χ1v) is 7.73. The quantitative estimate of drug-likeness (QED) is 0.245. The van der Waals surface area contributed by atoms with E-state index in [1.54, 1.807) is 6.07 Å². The Morgan fingerprint density at radius 3 is 2.85 bits per heavy atom. The Morgan fingerprint density at radius 2 is 2.25 bits per heavy atom. The molecule has 20 heavy (non-hydrogen) atoms. The predicted octanol–water partition coefficient (Wildman–Crippen LogP) is 2.66. The van der Waals surface area contributed by atoms with Gasteiger partial charge < -0.3 is 9.53 Å². The number of carbonyl (C=O) groups excluding carboxylic acids is 3. The number of esters is 1. The molecular weight excluding hydrogens is 346 g/mol. The van der Waals surface area contributed by atoms with Gasteiger partial charge >= 0.3 is 5.97 Å². The molecule has 5 nitrogen and oxygen atoms in total. The number of rotatable bonds is 7. The third-order valence-electron chi connectivity index (χ3n) is 2.28. The van der Waals surface area contributed by atoms with Gasteiger partial charge in [-0.2, -0.15) is 0 Å². The number of aldehydes is 1. The highest BCUT2D eigenvalue weighted by molar-refractivity contribution is 9.10. The first kappa shape index (κ1) is 16.8. The van der Waals surface area contributed by atoms with Gasteiger partial charge in [0, 0.05) is 15.6 Å². The Kier molecular flexibility index (Phi) is 6.87. The first-order valence-electron chi connectivity index (χ1n) is 5.95. The fraction of sp³-hybridized carbons (Fsp3) is 0.385. The summed E-state index contributed by atoms with van der Waals surface area (Å²) in [5.74, 6) is -0.312. The van der Waals surface area contributed by atoms with Crippen molar-refractivity contribution in [2.24, 2.45) is 0 Å². The van der Waals surface area contributed by atoms with E-state index in [9.17, 15) is 14.4 Å². The van der Waals surface area contributed by atoms with Crippen LogP contribution in [-0.4, -0.2) is 34.9 Å². The lowest BCUT2D eigenvalue weighted by Gasteiger charge is -2.13. The van der Waals surface area contributed by atoms with E-state index in [1.165, 1.54) is 24.9 Å². The fourth-order valence-corrected chi connectivity index (χ4v) is 2.72. The minimum Gasteiger partial charge on any atom is -0.454 e. The van der Waals surface area contributed by atoms with Gasteiger partial charge in [0.2, 0.25) is 5.78 Å². The summed E-state index contributed by atoms with van der Waals surface area (Å²) >= 11 is 4.78. The summed E-state index contributed by atoms with van der Waals surface area (Å²) in [7, 11) is 0. The number of halogens is 1. The second-order valence-electron chi connectivity index (χ2n) is 3.80. The Morgan fingerprint density at radius 1 is 1.55 bits per heavy atom. The number of ether oxygens (including phenoxy) is 1. The highest BCUT2D eigenvalue weighted by atomic mass is 79.9. The van der Waals surface area contributed by atoms with Crippen LogP contribution in [0.4, 0.5) is 0 Å². The topological polar surface area (TPSA) is 73.3 Å². The van der Waals surface area contributed by atoms with E-state index in [0.29, 0.717) is 6.29 Å². The summed E-state index contributed by atoms with van der Waals surface area (Å²) in [6.07, 6.45) is 0.636. The van der Waals surface area contributed by atoms with Crippen LogP contribution in [0.3, 0.4) is 0 Å². The summed E-state index contributed by atoms with van der Waals surface area (Å²) < 4.78 is 5.66. The van der Waals surface area contributed by atoms with E-state index in [1.807, 2.05) is 6.92 Å². The molecule has 0 fully saturated rings. The average molecular weight is 360 g/mol. The summed E-state index contributed by atoms with van der Waals surface area (Å²) in [4.78, 5) is 38.5. The number of aromatic nitrogens is 1.